The number of halogens is 4. The summed E-state index contributed by atoms with van der Waals surface area (Å²) >= 11 is 0. The Hall–Kier alpha value is -3.50. The van der Waals surface area contributed by atoms with Crippen molar-refractivity contribution in [1.82, 2.24) is 15.2 Å². The molecule has 1 fully saturated rings. The van der Waals surface area contributed by atoms with E-state index in [1.54, 1.807) is 13.8 Å². The summed E-state index contributed by atoms with van der Waals surface area (Å²) in [5.41, 5.74) is -2.01. The Labute approximate surface area is 181 Å². The number of benzene rings is 1. The first-order valence-electron chi connectivity index (χ1n) is 9.76. The molecule has 170 valence electrons. The number of hydrogen-bond acceptors (Lipinski definition) is 4. The standard InChI is InChI=1S/C21H20F4N4O3/c1-12(2)27-18(30)13-4-7-17(26-11-13)28-8-3-9-29(20(28)32)19(31)15-10-14(22)5-6-16(15)21(23,24)25/h4-7,10-12H,3,8-9H2,1-2H3,(H,27,30). The predicted octanol–water partition coefficient (Wildman–Crippen LogP) is 3.85. The quantitative estimate of drug-likeness (QED) is 0.715. The molecule has 0 spiro atoms. The van der Waals surface area contributed by atoms with Gasteiger partial charge in [-0.15, -0.1) is 0 Å². The van der Waals surface area contributed by atoms with Crippen LogP contribution in [0.2, 0.25) is 0 Å². The fourth-order valence-corrected chi connectivity index (χ4v) is 3.24. The van der Waals surface area contributed by atoms with Crippen LogP contribution in [-0.4, -0.2) is 46.9 Å². The van der Waals surface area contributed by atoms with Crippen molar-refractivity contribution in [3.8, 4) is 0 Å². The van der Waals surface area contributed by atoms with Crippen molar-refractivity contribution in [3.63, 3.8) is 0 Å². The van der Waals surface area contributed by atoms with Crippen molar-refractivity contribution in [3.05, 3.63) is 59.0 Å². The number of nitrogens with zero attached hydrogens (tertiary/aromatic N) is 3. The molecule has 0 atom stereocenters. The van der Waals surface area contributed by atoms with Crippen LogP contribution in [0.25, 0.3) is 0 Å². The van der Waals surface area contributed by atoms with E-state index in [4.69, 9.17) is 0 Å². The van der Waals surface area contributed by atoms with Gasteiger partial charge in [0.1, 0.15) is 11.6 Å². The number of anilines is 1. The Kier molecular flexibility index (Phi) is 6.47. The van der Waals surface area contributed by atoms with Crippen LogP contribution in [0.4, 0.5) is 28.2 Å². The van der Waals surface area contributed by atoms with Gasteiger partial charge in [-0.1, -0.05) is 0 Å². The Balaban J connectivity index is 1.85. The molecule has 3 rings (SSSR count). The molecule has 0 saturated carbocycles. The third-order valence-electron chi connectivity index (χ3n) is 4.69. The third kappa shape index (κ3) is 4.87. The SMILES string of the molecule is CC(C)NC(=O)c1ccc(N2CCCN(C(=O)c3cc(F)ccc3C(F)(F)F)C2=O)nc1. The van der Waals surface area contributed by atoms with Gasteiger partial charge in [-0.25, -0.2) is 14.2 Å². The molecule has 2 heterocycles. The maximum atomic E-state index is 13.6. The van der Waals surface area contributed by atoms with E-state index in [9.17, 15) is 31.9 Å². The molecule has 1 N–H and O–H groups in total. The monoisotopic (exact) mass is 452 g/mol. The lowest BCUT2D eigenvalue weighted by Crippen LogP contribution is -2.52. The molecule has 1 aliphatic heterocycles. The maximum Gasteiger partial charge on any atom is 0.417 e. The van der Waals surface area contributed by atoms with E-state index in [1.807, 2.05) is 0 Å². The van der Waals surface area contributed by atoms with E-state index < -0.39 is 35.1 Å². The largest absolute Gasteiger partial charge is 0.417 e. The minimum atomic E-state index is -4.90. The van der Waals surface area contributed by atoms with Gasteiger partial charge in [0.2, 0.25) is 0 Å². The van der Waals surface area contributed by atoms with Crippen LogP contribution in [0.15, 0.2) is 36.5 Å². The average molecular weight is 452 g/mol. The van der Waals surface area contributed by atoms with E-state index in [1.165, 1.54) is 18.3 Å². The summed E-state index contributed by atoms with van der Waals surface area (Å²) in [4.78, 5) is 43.6. The van der Waals surface area contributed by atoms with Gasteiger partial charge < -0.3 is 5.32 Å². The van der Waals surface area contributed by atoms with Gasteiger partial charge in [-0.05, 0) is 50.6 Å². The van der Waals surface area contributed by atoms with Crippen LogP contribution in [-0.2, 0) is 6.18 Å². The van der Waals surface area contributed by atoms with Gasteiger partial charge in [0.05, 0.1) is 16.7 Å². The summed E-state index contributed by atoms with van der Waals surface area (Å²) in [6.07, 6.45) is -3.37. The number of pyridine rings is 1. The fraction of sp³-hybridized carbons (Fsp3) is 0.333. The van der Waals surface area contributed by atoms with Crippen molar-refractivity contribution in [2.24, 2.45) is 0 Å². The minimum Gasteiger partial charge on any atom is -0.350 e. The highest BCUT2D eigenvalue weighted by Crippen LogP contribution is 2.33. The molecule has 1 saturated heterocycles. The van der Waals surface area contributed by atoms with E-state index in [-0.39, 0.29) is 42.8 Å². The van der Waals surface area contributed by atoms with Crippen LogP contribution in [0, 0.1) is 5.82 Å². The van der Waals surface area contributed by atoms with Crippen molar-refractivity contribution in [1.29, 1.82) is 0 Å². The van der Waals surface area contributed by atoms with Gasteiger partial charge in [0.15, 0.2) is 0 Å². The van der Waals surface area contributed by atoms with E-state index in [0.29, 0.717) is 23.1 Å². The zero-order valence-electron chi connectivity index (χ0n) is 17.2. The summed E-state index contributed by atoms with van der Waals surface area (Å²) in [5, 5.41) is 2.69. The molecule has 2 aromatic rings. The van der Waals surface area contributed by atoms with Crippen molar-refractivity contribution in [2.75, 3.05) is 18.0 Å². The molecule has 11 heteroatoms. The van der Waals surface area contributed by atoms with E-state index >= 15 is 0 Å². The summed E-state index contributed by atoms with van der Waals surface area (Å²) in [6, 6.07) is 3.42. The molecule has 0 bridgehead atoms. The minimum absolute atomic E-state index is 0.0881. The van der Waals surface area contributed by atoms with Gasteiger partial charge in [-0.2, -0.15) is 13.2 Å². The number of aromatic nitrogens is 1. The number of hydrogen-bond donors (Lipinski definition) is 1. The fourth-order valence-electron chi connectivity index (χ4n) is 3.24. The first-order chi connectivity index (χ1) is 15.0. The zero-order valence-corrected chi connectivity index (χ0v) is 17.2. The molecule has 1 aliphatic rings. The number of carbonyl (C=O) groups is 3. The van der Waals surface area contributed by atoms with Crippen molar-refractivity contribution >= 4 is 23.7 Å². The molecular formula is C21H20F4N4O3. The first kappa shape index (κ1) is 23.2. The highest BCUT2D eigenvalue weighted by Gasteiger charge is 2.39. The number of urea groups is 1. The molecule has 7 nitrogen and oxygen atoms in total. The van der Waals surface area contributed by atoms with Gasteiger partial charge in [0.25, 0.3) is 11.8 Å². The normalized spacial score (nSPS) is 14.7. The van der Waals surface area contributed by atoms with Gasteiger partial charge in [-0.3, -0.25) is 19.4 Å². The average Bonchev–Trinajstić information content (AvgIpc) is 2.72. The second-order valence-corrected chi connectivity index (χ2v) is 7.47. The number of amides is 4. The number of carbonyl (C=O) groups excluding carboxylic acids is 3. The predicted molar refractivity (Wildman–Crippen MR) is 107 cm³/mol. The summed E-state index contributed by atoms with van der Waals surface area (Å²) in [5.74, 6) is -2.51. The highest BCUT2D eigenvalue weighted by molar-refractivity contribution is 6.09. The first-order valence-corrected chi connectivity index (χ1v) is 9.76. The lowest BCUT2D eigenvalue weighted by molar-refractivity contribution is -0.138. The molecule has 0 unspecified atom stereocenters. The third-order valence-corrected chi connectivity index (χ3v) is 4.69. The van der Waals surface area contributed by atoms with Crippen molar-refractivity contribution < 1.29 is 31.9 Å². The maximum absolute atomic E-state index is 13.6. The topological polar surface area (TPSA) is 82.6 Å². The van der Waals surface area contributed by atoms with E-state index in [2.05, 4.69) is 10.3 Å². The van der Waals surface area contributed by atoms with Crippen LogP contribution in [0.3, 0.4) is 0 Å². The summed E-state index contributed by atoms with van der Waals surface area (Å²) in [7, 11) is 0. The molecule has 32 heavy (non-hydrogen) atoms. The summed E-state index contributed by atoms with van der Waals surface area (Å²) in [6.45, 7) is 3.63. The Morgan fingerprint density at radius 3 is 2.44 bits per heavy atom. The number of imide groups is 1. The highest BCUT2D eigenvalue weighted by atomic mass is 19.4. The molecule has 1 aromatic heterocycles. The number of nitrogens with one attached hydrogen (secondary N) is 1. The van der Waals surface area contributed by atoms with Crippen LogP contribution < -0.4 is 10.2 Å². The Morgan fingerprint density at radius 1 is 1.12 bits per heavy atom. The number of rotatable bonds is 4. The second kappa shape index (κ2) is 8.93. The molecule has 0 aliphatic carbocycles. The Morgan fingerprint density at radius 2 is 1.84 bits per heavy atom. The van der Waals surface area contributed by atoms with Crippen LogP contribution in [0.1, 0.15) is 46.5 Å². The van der Waals surface area contributed by atoms with Crippen LogP contribution >= 0.6 is 0 Å². The smallest absolute Gasteiger partial charge is 0.350 e. The molecule has 4 amide bonds. The van der Waals surface area contributed by atoms with Crippen LogP contribution in [0.5, 0.6) is 0 Å². The summed E-state index contributed by atoms with van der Waals surface area (Å²) < 4.78 is 53.5. The zero-order chi connectivity index (χ0) is 23.6. The molecule has 0 radical (unpaired) electrons. The molecule has 1 aromatic carbocycles. The number of alkyl halides is 3. The molecular weight excluding hydrogens is 432 g/mol. The lowest BCUT2D eigenvalue weighted by Gasteiger charge is -2.34. The van der Waals surface area contributed by atoms with Gasteiger partial charge >= 0.3 is 12.2 Å². The Bertz CT molecular complexity index is 1040. The van der Waals surface area contributed by atoms with E-state index in [0.717, 1.165) is 4.90 Å². The van der Waals surface area contributed by atoms with Crippen molar-refractivity contribution in [2.45, 2.75) is 32.5 Å². The van der Waals surface area contributed by atoms with Gasteiger partial charge in [0, 0.05) is 25.3 Å². The lowest BCUT2D eigenvalue weighted by atomic mass is 10.0. The second-order valence-electron chi connectivity index (χ2n) is 7.47.